The minimum Gasteiger partial charge on any atom is -0.497 e. The molecule has 0 spiro atoms. The van der Waals surface area contributed by atoms with Crippen molar-refractivity contribution < 1.29 is 14.2 Å². The maximum absolute atomic E-state index is 5.57. The van der Waals surface area contributed by atoms with Gasteiger partial charge < -0.3 is 19.5 Å². The molecule has 19 heavy (non-hydrogen) atoms. The van der Waals surface area contributed by atoms with E-state index in [-0.39, 0.29) is 5.41 Å². The van der Waals surface area contributed by atoms with Crippen molar-refractivity contribution in [2.45, 2.75) is 24.3 Å². The summed E-state index contributed by atoms with van der Waals surface area (Å²) in [4.78, 5) is 0. The molecule has 1 atom stereocenters. The van der Waals surface area contributed by atoms with Gasteiger partial charge in [0.1, 0.15) is 11.5 Å². The first kappa shape index (κ1) is 12.8. The third-order valence-electron chi connectivity index (χ3n) is 4.39. The SMILES string of the molecule is COc1ccc(C2(C3CCCN3)COC2)c(OC)c1. The molecule has 0 radical (unpaired) electrons. The van der Waals surface area contributed by atoms with Gasteiger partial charge in [0.25, 0.3) is 0 Å². The van der Waals surface area contributed by atoms with E-state index in [2.05, 4.69) is 11.4 Å². The van der Waals surface area contributed by atoms with Crippen molar-refractivity contribution in [3.05, 3.63) is 23.8 Å². The van der Waals surface area contributed by atoms with Crippen LogP contribution in [0.15, 0.2) is 18.2 Å². The lowest BCUT2D eigenvalue weighted by molar-refractivity contribution is -0.0769. The van der Waals surface area contributed by atoms with E-state index in [1.807, 2.05) is 12.1 Å². The van der Waals surface area contributed by atoms with Gasteiger partial charge in [-0.3, -0.25) is 0 Å². The predicted molar refractivity (Wildman–Crippen MR) is 73.1 cm³/mol. The average Bonchev–Trinajstić information content (AvgIpc) is 2.92. The van der Waals surface area contributed by atoms with Gasteiger partial charge in [-0.25, -0.2) is 0 Å². The lowest BCUT2D eigenvalue weighted by Gasteiger charge is -2.47. The Morgan fingerprint density at radius 1 is 1.26 bits per heavy atom. The van der Waals surface area contributed by atoms with Crippen LogP contribution in [-0.4, -0.2) is 40.0 Å². The molecule has 2 fully saturated rings. The number of nitrogens with one attached hydrogen (secondary N) is 1. The molecule has 1 N–H and O–H groups in total. The number of hydrogen-bond donors (Lipinski definition) is 1. The van der Waals surface area contributed by atoms with Crippen LogP contribution in [-0.2, 0) is 10.2 Å². The van der Waals surface area contributed by atoms with Crippen LogP contribution >= 0.6 is 0 Å². The van der Waals surface area contributed by atoms with E-state index in [1.54, 1.807) is 14.2 Å². The number of hydrogen-bond acceptors (Lipinski definition) is 4. The quantitative estimate of drug-likeness (QED) is 0.898. The standard InChI is InChI=1S/C15H21NO3/c1-17-11-5-6-12(13(8-11)18-2)15(9-19-10-15)14-4-3-7-16-14/h5-6,8,14,16H,3-4,7,9-10H2,1-2H3. The summed E-state index contributed by atoms with van der Waals surface area (Å²) in [5.74, 6) is 1.73. The molecule has 4 heteroatoms. The zero-order valence-electron chi connectivity index (χ0n) is 11.6. The van der Waals surface area contributed by atoms with E-state index < -0.39 is 0 Å². The molecule has 2 aliphatic rings. The van der Waals surface area contributed by atoms with Crippen LogP contribution in [0, 0.1) is 0 Å². The Hall–Kier alpha value is -1.26. The molecule has 1 aromatic rings. The first-order valence-electron chi connectivity index (χ1n) is 6.84. The second kappa shape index (κ2) is 5.02. The molecule has 0 aromatic heterocycles. The molecule has 104 valence electrons. The van der Waals surface area contributed by atoms with Crippen molar-refractivity contribution in [1.82, 2.24) is 5.32 Å². The third kappa shape index (κ3) is 1.99. The van der Waals surface area contributed by atoms with Crippen LogP contribution in [0.3, 0.4) is 0 Å². The van der Waals surface area contributed by atoms with Gasteiger partial charge in [-0.15, -0.1) is 0 Å². The molecule has 2 aliphatic heterocycles. The van der Waals surface area contributed by atoms with Gasteiger partial charge in [0.15, 0.2) is 0 Å². The highest BCUT2D eigenvalue weighted by Gasteiger charge is 2.49. The van der Waals surface area contributed by atoms with Gasteiger partial charge in [0, 0.05) is 17.7 Å². The summed E-state index contributed by atoms with van der Waals surface area (Å²) in [6, 6.07) is 6.58. The van der Waals surface area contributed by atoms with Crippen LogP contribution in [0.4, 0.5) is 0 Å². The summed E-state index contributed by atoms with van der Waals surface area (Å²) >= 11 is 0. The molecule has 1 unspecified atom stereocenters. The normalized spacial score (nSPS) is 24.8. The second-order valence-electron chi connectivity index (χ2n) is 5.36. The summed E-state index contributed by atoms with van der Waals surface area (Å²) in [6.07, 6.45) is 2.45. The van der Waals surface area contributed by atoms with Crippen molar-refractivity contribution >= 4 is 0 Å². The van der Waals surface area contributed by atoms with E-state index in [4.69, 9.17) is 14.2 Å². The van der Waals surface area contributed by atoms with Crippen LogP contribution in [0.2, 0.25) is 0 Å². The molecule has 3 rings (SSSR count). The highest BCUT2D eigenvalue weighted by Crippen LogP contribution is 2.44. The van der Waals surface area contributed by atoms with E-state index in [0.29, 0.717) is 6.04 Å². The molecule has 0 bridgehead atoms. The minimum atomic E-state index is 0.0636. The first-order valence-corrected chi connectivity index (χ1v) is 6.84. The van der Waals surface area contributed by atoms with Crippen LogP contribution in [0.1, 0.15) is 18.4 Å². The zero-order chi connectivity index (χ0) is 13.3. The van der Waals surface area contributed by atoms with Crippen molar-refractivity contribution in [2.24, 2.45) is 0 Å². The van der Waals surface area contributed by atoms with Gasteiger partial charge in [-0.1, -0.05) is 6.07 Å². The largest absolute Gasteiger partial charge is 0.497 e. The maximum atomic E-state index is 5.57. The Labute approximate surface area is 114 Å². The monoisotopic (exact) mass is 263 g/mol. The van der Waals surface area contributed by atoms with Gasteiger partial charge in [0.05, 0.1) is 32.8 Å². The molecule has 2 saturated heterocycles. The average molecular weight is 263 g/mol. The Morgan fingerprint density at radius 2 is 2.11 bits per heavy atom. The summed E-state index contributed by atoms with van der Waals surface area (Å²) in [6.45, 7) is 2.64. The minimum absolute atomic E-state index is 0.0636. The number of benzene rings is 1. The van der Waals surface area contributed by atoms with Crippen LogP contribution in [0.25, 0.3) is 0 Å². The van der Waals surface area contributed by atoms with Gasteiger partial charge in [0.2, 0.25) is 0 Å². The van der Waals surface area contributed by atoms with E-state index >= 15 is 0 Å². The van der Waals surface area contributed by atoms with E-state index in [1.165, 1.54) is 18.4 Å². The van der Waals surface area contributed by atoms with Crippen molar-refractivity contribution in [3.8, 4) is 11.5 Å². The fourth-order valence-electron chi connectivity index (χ4n) is 3.23. The Bertz CT molecular complexity index is 451. The van der Waals surface area contributed by atoms with Crippen molar-refractivity contribution in [3.63, 3.8) is 0 Å². The number of methoxy groups -OCH3 is 2. The summed E-state index contributed by atoms with van der Waals surface area (Å²) in [5.41, 5.74) is 1.30. The molecule has 2 heterocycles. The molecule has 0 aliphatic carbocycles. The summed E-state index contributed by atoms with van der Waals surface area (Å²) < 4.78 is 16.4. The summed E-state index contributed by atoms with van der Waals surface area (Å²) in [7, 11) is 3.39. The van der Waals surface area contributed by atoms with Gasteiger partial charge in [-0.2, -0.15) is 0 Å². The molecule has 4 nitrogen and oxygen atoms in total. The van der Waals surface area contributed by atoms with Gasteiger partial charge >= 0.3 is 0 Å². The van der Waals surface area contributed by atoms with Crippen LogP contribution < -0.4 is 14.8 Å². The maximum Gasteiger partial charge on any atom is 0.126 e. The zero-order valence-corrected chi connectivity index (χ0v) is 11.6. The topological polar surface area (TPSA) is 39.7 Å². The molecule has 1 aromatic carbocycles. The lowest BCUT2D eigenvalue weighted by atomic mass is 9.71. The van der Waals surface area contributed by atoms with Crippen LogP contribution in [0.5, 0.6) is 11.5 Å². The smallest absolute Gasteiger partial charge is 0.126 e. The Morgan fingerprint density at radius 3 is 2.63 bits per heavy atom. The van der Waals surface area contributed by atoms with E-state index in [9.17, 15) is 0 Å². The Balaban J connectivity index is 1.98. The third-order valence-corrected chi connectivity index (χ3v) is 4.39. The highest BCUT2D eigenvalue weighted by atomic mass is 16.5. The summed E-state index contributed by atoms with van der Waals surface area (Å²) in [5, 5.41) is 3.61. The Kier molecular flexibility index (Phi) is 3.37. The van der Waals surface area contributed by atoms with Gasteiger partial charge in [-0.05, 0) is 25.5 Å². The highest BCUT2D eigenvalue weighted by molar-refractivity contribution is 5.47. The number of ether oxygens (including phenoxy) is 3. The molecule has 0 amide bonds. The fourth-order valence-corrected chi connectivity index (χ4v) is 3.23. The van der Waals surface area contributed by atoms with Crippen molar-refractivity contribution in [1.29, 1.82) is 0 Å². The predicted octanol–water partition coefficient (Wildman–Crippen LogP) is 1.72. The van der Waals surface area contributed by atoms with Crippen molar-refractivity contribution in [2.75, 3.05) is 34.0 Å². The number of rotatable bonds is 4. The van der Waals surface area contributed by atoms with E-state index in [0.717, 1.165) is 31.3 Å². The molecular weight excluding hydrogens is 242 g/mol. The molecule has 0 saturated carbocycles. The molecular formula is C15H21NO3. The fraction of sp³-hybridized carbons (Fsp3) is 0.600. The first-order chi connectivity index (χ1) is 9.30. The lowest BCUT2D eigenvalue weighted by Crippen LogP contribution is -2.58. The second-order valence-corrected chi connectivity index (χ2v) is 5.36.